The Balaban J connectivity index is 2.20. The van der Waals surface area contributed by atoms with Gasteiger partial charge in [0.15, 0.2) is 0 Å². The first-order chi connectivity index (χ1) is 6.53. The minimum atomic E-state index is -3.38. The Morgan fingerprint density at radius 1 is 1.43 bits per heavy atom. The highest BCUT2D eigenvalue weighted by Gasteiger charge is 2.23. The molecule has 5 nitrogen and oxygen atoms in total. The zero-order chi connectivity index (χ0) is 10.6. The molecule has 1 amide bonds. The molecule has 0 heterocycles. The number of halogens is 1. The van der Waals surface area contributed by atoms with Crippen molar-refractivity contribution in [3.8, 4) is 0 Å². The predicted octanol–water partition coefficient (Wildman–Crippen LogP) is -0.577. The van der Waals surface area contributed by atoms with Crippen molar-refractivity contribution in [3.63, 3.8) is 0 Å². The van der Waals surface area contributed by atoms with E-state index in [0.29, 0.717) is 0 Å². The molecule has 0 bridgehead atoms. The summed E-state index contributed by atoms with van der Waals surface area (Å²) in [4.78, 5) is 11.1. The Bertz CT molecular complexity index is 300. The van der Waals surface area contributed by atoms with Gasteiger partial charge in [0.1, 0.15) is 0 Å². The van der Waals surface area contributed by atoms with Gasteiger partial charge in [0.25, 0.3) is 0 Å². The van der Waals surface area contributed by atoms with Crippen LogP contribution in [-0.4, -0.2) is 38.5 Å². The lowest BCUT2D eigenvalue weighted by atomic mass is 10.5. The molecule has 7 heteroatoms. The molecule has 2 N–H and O–H groups in total. The smallest absolute Gasteiger partial charge is 0.235 e. The van der Waals surface area contributed by atoms with Crippen LogP contribution in [0.15, 0.2) is 0 Å². The lowest BCUT2D eigenvalue weighted by Crippen LogP contribution is -2.38. The largest absolute Gasteiger partial charge is 0.352 e. The molecule has 0 atom stereocenters. The van der Waals surface area contributed by atoms with Crippen molar-refractivity contribution in [1.29, 1.82) is 0 Å². The van der Waals surface area contributed by atoms with E-state index < -0.39 is 10.0 Å². The maximum Gasteiger partial charge on any atom is 0.235 e. The molecule has 0 unspecified atom stereocenters. The third-order valence-electron chi connectivity index (χ3n) is 1.74. The van der Waals surface area contributed by atoms with Crippen LogP contribution in [0.2, 0.25) is 0 Å². The number of rotatable bonds is 6. The number of alkyl halides is 1. The number of sulfonamides is 1. The van der Waals surface area contributed by atoms with E-state index in [1.54, 1.807) is 0 Å². The molecule has 1 aliphatic rings. The van der Waals surface area contributed by atoms with Gasteiger partial charge in [-0.1, -0.05) is 0 Å². The van der Waals surface area contributed by atoms with E-state index in [1.807, 2.05) is 0 Å². The van der Waals surface area contributed by atoms with Crippen LogP contribution in [0.25, 0.3) is 0 Å². The second-order valence-corrected chi connectivity index (χ2v) is 5.48. The highest BCUT2D eigenvalue weighted by atomic mass is 35.5. The summed E-state index contributed by atoms with van der Waals surface area (Å²) in [6.07, 6.45) is 1.97. The van der Waals surface area contributed by atoms with Crippen LogP contribution < -0.4 is 10.0 Å². The first kappa shape index (κ1) is 11.7. The third kappa shape index (κ3) is 4.78. The second-order valence-electron chi connectivity index (χ2n) is 3.17. The highest BCUT2D eigenvalue weighted by Crippen LogP contribution is 2.18. The van der Waals surface area contributed by atoms with Gasteiger partial charge in [-0.25, -0.2) is 13.1 Å². The molecule has 0 aliphatic heterocycles. The van der Waals surface area contributed by atoms with Gasteiger partial charge in [-0.2, -0.15) is 0 Å². The molecule has 0 aromatic carbocycles. The van der Waals surface area contributed by atoms with Crippen molar-refractivity contribution in [3.05, 3.63) is 0 Å². The standard InChI is InChI=1S/C7H13ClN2O3S/c8-3-4-14(12,13)9-5-7(11)10-6-1-2-6/h6,9H,1-5H2,(H,10,11). The number of amides is 1. The minimum absolute atomic E-state index is 0.0274. The molecule has 14 heavy (non-hydrogen) atoms. The fraction of sp³-hybridized carbons (Fsp3) is 0.857. The summed E-state index contributed by atoms with van der Waals surface area (Å²) in [5.74, 6) is -0.421. The predicted molar refractivity (Wildman–Crippen MR) is 53.7 cm³/mol. The molecular weight excluding hydrogens is 228 g/mol. The van der Waals surface area contributed by atoms with Crippen LogP contribution in [-0.2, 0) is 14.8 Å². The van der Waals surface area contributed by atoms with Crippen molar-refractivity contribution in [1.82, 2.24) is 10.0 Å². The van der Waals surface area contributed by atoms with Gasteiger partial charge in [-0.3, -0.25) is 4.79 Å². The van der Waals surface area contributed by atoms with Crippen LogP contribution in [0.1, 0.15) is 12.8 Å². The normalized spacial score (nSPS) is 16.6. The molecule has 0 radical (unpaired) electrons. The minimum Gasteiger partial charge on any atom is -0.352 e. The fourth-order valence-electron chi connectivity index (χ4n) is 0.856. The molecule has 1 rings (SSSR count). The van der Waals surface area contributed by atoms with Crippen molar-refractivity contribution in [2.75, 3.05) is 18.2 Å². The quantitative estimate of drug-likeness (QED) is 0.611. The number of hydrogen-bond acceptors (Lipinski definition) is 3. The summed E-state index contributed by atoms with van der Waals surface area (Å²) in [6, 6.07) is 0.250. The van der Waals surface area contributed by atoms with Crippen molar-refractivity contribution >= 4 is 27.5 Å². The van der Waals surface area contributed by atoms with E-state index in [0.717, 1.165) is 12.8 Å². The Hall–Kier alpha value is -0.330. The summed E-state index contributed by atoms with van der Waals surface area (Å²) in [5, 5.41) is 2.67. The van der Waals surface area contributed by atoms with Crippen LogP contribution in [0.4, 0.5) is 0 Å². The van der Waals surface area contributed by atoms with Gasteiger partial charge in [-0.15, -0.1) is 11.6 Å². The molecule has 1 aliphatic carbocycles. The van der Waals surface area contributed by atoms with Crippen LogP contribution in [0.5, 0.6) is 0 Å². The van der Waals surface area contributed by atoms with Crippen LogP contribution in [0, 0.1) is 0 Å². The van der Waals surface area contributed by atoms with Gasteiger partial charge in [0.05, 0.1) is 12.3 Å². The Morgan fingerprint density at radius 3 is 2.57 bits per heavy atom. The molecule has 0 aromatic rings. The maximum absolute atomic E-state index is 11.1. The molecule has 0 spiro atoms. The van der Waals surface area contributed by atoms with E-state index in [-0.39, 0.29) is 30.1 Å². The summed E-state index contributed by atoms with van der Waals surface area (Å²) < 4.78 is 24.3. The fourth-order valence-corrected chi connectivity index (χ4v) is 2.16. The molecular formula is C7H13ClN2O3S. The first-order valence-electron chi connectivity index (χ1n) is 4.36. The number of hydrogen-bond donors (Lipinski definition) is 2. The van der Waals surface area contributed by atoms with E-state index in [1.165, 1.54) is 0 Å². The lowest BCUT2D eigenvalue weighted by molar-refractivity contribution is -0.120. The van der Waals surface area contributed by atoms with Crippen molar-refractivity contribution in [2.45, 2.75) is 18.9 Å². The summed E-state index contributed by atoms with van der Waals surface area (Å²) in [5.41, 5.74) is 0. The highest BCUT2D eigenvalue weighted by molar-refractivity contribution is 7.89. The zero-order valence-corrected chi connectivity index (χ0v) is 9.20. The van der Waals surface area contributed by atoms with Gasteiger partial charge in [0.2, 0.25) is 15.9 Å². The Kier molecular flexibility index (Phi) is 4.15. The molecule has 0 saturated heterocycles. The van der Waals surface area contributed by atoms with E-state index >= 15 is 0 Å². The zero-order valence-electron chi connectivity index (χ0n) is 7.62. The third-order valence-corrected chi connectivity index (χ3v) is 3.48. The van der Waals surface area contributed by atoms with E-state index in [4.69, 9.17) is 11.6 Å². The molecule has 0 aromatic heterocycles. The number of carbonyl (C=O) groups excluding carboxylic acids is 1. The van der Waals surface area contributed by atoms with Gasteiger partial charge in [0, 0.05) is 11.9 Å². The summed E-state index contributed by atoms with van der Waals surface area (Å²) in [6.45, 7) is -0.199. The maximum atomic E-state index is 11.1. The number of nitrogens with one attached hydrogen (secondary N) is 2. The molecule has 82 valence electrons. The topological polar surface area (TPSA) is 75.3 Å². The van der Waals surface area contributed by atoms with Crippen LogP contribution in [0.3, 0.4) is 0 Å². The molecule has 1 fully saturated rings. The monoisotopic (exact) mass is 240 g/mol. The van der Waals surface area contributed by atoms with Gasteiger partial charge < -0.3 is 5.32 Å². The Labute approximate surface area is 88.2 Å². The summed E-state index contributed by atoms with van der Waals surface area (Å²) >= 11 is 5.28. The van der Waals surface area contributed by atoms with Crippen LogP contribution >= 0.6 is 11.6 Å². The van der Waals surface area contributed by atoms with Gasteiger partial charge >= 0.3 is 0 Å². The van der Waals surface area contributed by atoms with E-state index in [9.17, 15) is 13.2 Å². The second kappa shape index (κ2) is 4.95. The average Bonchev–Trinajstić information content (AvgIpc) is 2.85. The van der Waals surface area contributed by atoms with E-state index in [2.05, 4.69) is 10.0 Å². The van der Waals surface area contributed by atoms with Crippen molar-refractivity contribution < 1.29 is 13.2 Å². The average molecular weight is 241 g/mol. The Morgan fingerprint density at radius 2 is 2.07 bits per heavy atom. The number of carbonyl (C=O) groups is 1. The lowest BCUT2D eigenvalue weighted by Gasteiger charge is -2.05. The van der Waals surface area contributed by atoms with Gasteiger partial charge in [-0.05, 0) is 12.8 Å². The first-order valence-corrected chi connectivity index (χ1v) is 6.55. The SMILES string of the molecule is O=C(CNS(=O)(=O)CCCl)NC1CC1. The summed E-state index contributed by atoms with van der Waals surface area (Å²) in [7, 11) is -3.38. The molecule has 1 saturated carbocycles. The van der Waals surface area contributed by atoms with Crippen molar-refractivity contribution in [2.24, 2.45) is 0 Å².